The maximum atomic E-state index is 4.86. The summed E-state index contributed by atoms with van der Waals surface area (Å²) >= 11 is 0. The molecule has 0 radical (unpaired) electrons. The molecule has 0 N–H and O–H groups in total. The minimum absolute atomic E-state index is 0.452. The van der Waals surface area contributed by atoms with Gasteiger partial charge in [-0.3, -0.25) is 0 Å². The van der Waals surface area contributed by atoms with Crippen molar-refractivity contribution in [2.45, 2.75) is 18.8 Å². The molecular weight excluding hydrogens is 232 g/mol. The highest BCUT2D eigenvalue weighted by Crippen LogP contribution is 2.38. The van der Waals surface area contributed by atoms with Crippen molar-refractivity contribution in [3.05, 3.63) is 65.5 Å². The molecule has 0 fully saturated rings. The van der Waals surface area contributed by atoms with E-state index >= 15 is 0 Å². The molecule has 0 spiro atoms. The molecule has 0 bridgehead atoms. The average molecular weight is 248 g/mol. The third-order valence-electron chi connectivity index (χ3n) is 4.27. The van der Waals surface area contributed by atoms with Crippen molar-refractivity contribution >= 4 is 11.0 Å². The summed E-state index contributed by atoms with van der Waals surface area (Å²) in [6.07, 6.45) is 2.35. The Balaban J connectivity index is 1.90. The highest BCUT2D eigenvalue weighted by Gasteiger charge is 2.27. The second kappa shape index (κ2) is 3.95. The Bertz CT molecular complexity index is 755. The van der Waals surface area contributed by atoms with Gasteiger partial charge < -0.3 is 4.57 Å². The zero-order valence-electron chi connectivity index (χ0n) is 11.0. The van der Waals surface area contributed by atoms with Crippen molar-refractivity contribution < 1.29 is 0 Å². The molecule has 19 heavy (non-hydrogen) atoms. The summed E-state index contributed by atoms with van der Waals surface area (Å²) in [5.41, 5.74) is 5.27. The number of rotatable bonds is 1. The van der Waals surface area contributed by atoms with Crippen LogP contribution in [0.1, 0.15) is 29.3 Å². The Morgan fingerprint density at radius 3 is 2.74 bits per heavy atom. The molecule has 1 aliphatic rings. The van der Waals surface area contributed by atoms with E-state index in [0.717, 1.165) is 5.52 Å². The lowest BCUT2D eigenvalue weighted by atomic mass is 10.0. The molecule has 2 nitrogen and oxygen atoms in total. The fourth-order valence-corrected chi connectivity index (χ4v) is 3.30. The van der Waals surface area contributed by atoms with Crippen LogP contribution in [0.4, 0.5) is 0 Å². The molecule has 0 saturated carbocycles. The fraction of sp³-hybridized carbons (Fsp3) is 0.235. The summed E-state index contributed by atoms with van der Waals surface area (Å²) in [6.45, 7) is 0. The Kier molecular flexibility index (Phi) is 2.25. The lowest BCUT2D eigenvalue weighted by Crippen LogP contribution is -2.04. The van der Waals surface area contributed by atoms with Crippen LogP contribution >= 0.6 is 0 Å². The fourth-order valence-electron chi connectivity index (χ4n) is 3.30. The van der Waals surface area contributed by atoms with Gasteiger partial charge in [-0.15, -0.1) is 0 Å². The minimum Gasteiger partial charge on any atom is -0.331 e. The lowest BCUT2D eigenvalue weighted by molar-refractivity contribution is 0.692. The van der Waals surface area contributed by atoms with Gasteiger partial charge in [0, 0.05) is 13.0 Å². The topological polar surface area (TPSA) is 17.8 Å². The van der Waals surface area contributed by atoms with Gasteiger partial charge in [-0.2, -0.15) is 0 Å². The van der Waals surface area contributed by atoms with E-state index < -0.39 is 0 Å². The summed E-state index contributed by atoms with van der Waals surface area (Å²) in [6, 6.07) is 17.2. The zero-order chi connectivity index (χ0) is 12.8. The molecule has 1 aliphatic carbocycles. The standard InChI is InChI=1S/C17H16N2/c1-19-16-9-5-4-8-15(16)18-17(19)14-11-10-12-6-2-3-7-13(12)14/h2-9,14H,10-11H2,1H3. The van der Waals surface area contributed by atoms with E-state index in [9.17, 15) is 0 Å². The van der Waals surface area contributed by atoms with Crippen LogP contribution in [0.5, 0.6) is 0 Å². The molecule has 1 atom stereocenters. The number of nitrogens with zero attached hydrogens (tertiary/aromatic N) is 2. The number of fused-ring (bicyclic) bond motifs is 2. The van der Waals surface area contributed by atoms with Gasteiger partial charge in [0.25, 0.3) is 0 Å². The number of hydrogen-bond acceptors (Lipinski definition) is 1. The maximum absolute atomic E-state index is 4.86. The van der Waals surface area contributed by atoms with E-state index in [0.29, 0.717) is 5.92 Å². The maximum Gasteiger partial charge on any atom is 0.117 e. The van der Waals surface area contributed by atoms with E-state index in [2.05, 4.69) is 60.1 Å². The Morgan fingerprint density at radius 1 is 1.05 bits per heavy atom. The molecule has 0 aliphatic heterocycles. The van der Waals surface area contributed by atoms with Crippen molar-refractivity contribution in [2.75, 3.05) is 0 Å². The number of imidazole rings is 1. The van der Waals surface area contributed by atoms with Crippen LogP contribution in [0, 0.1) is 0 Å². The second-order valence-corrected chi connectivity index (χ2v) is 5.31. The van der Waals surface area contributed by atoms with Crippen molar-refractivity contribution in [2.24, 2.45) is 7.05 Å². The third kappa shape index (κ3) is 1.53. The highest BCUT2D eigenvalue weighted by molar-refractivity contribution is 5.76. The molecule has 3 aromatic rings. The van der Waals surface area contributed by atoms with Crippen molar-refractivity contribution in [1.82, 2.24) is 9.55 Å². The van der Waals surface area contributed by atoms with E-state index in [-0.39, 0.29) is 0 Å². The van der Waals surface area contributed by atoms with Gasteiger partial charge in [-0.25, -0.2) is 4.98 Å². The Labute approximate surface area is 112 Å². The van der Waals surface area contributed by atoms with Gasteiger partial charge >= 0.3 is 0 Å². The third-order valence-corrected chi connectivity index (χ3v) is 4.27. The van der Waals surface area contributed by atoms with Crippen LogP contribution in [0.25, 0.3) is 11.0 Å². The molecular formula is C17H16N2. The quantitative estimate of drug-likeness (QED) is 0.642. The molecule has 0 saturated heterocycles. The van der Waals surface area contributed by atoms with Crippen molar-refractivity contribution in [3.63, 3.8) is 0 Å². The molecule has 1 aromatic heterocycles. The second-order valence-electron chi connectivity index (χ2n) is 5.31. The Hall–Kier alpha value is -2.09. The Morgan fingerprint density at radius 2 is 1.84 bits per heavy atom. The SMILES string of the molecule is Cn1c(C2CCc3ccccc32)nc2ccccc21. The van der Waals surface area contributed by atoms with E-state index in [4.69, 9.17) is 4.98 Å². The number of hydrogen-bond donors (Lipinski definition) is 0. The molecule has 2 aromatic carbocycles. The first kappa shape index (κ1) is 10.8. The summed E-state index contributed by atoms with van der Waals surface area (Å²) in [5.74, 6) is 1.65. The molecule has 1 heterocycles. The largest absolute Gasteiger partial charge is 0.331 e. The zero-order valence-corrected chi connectivity index (χ0v) is 11.0. The van der Waals surface area contributed by atoms with Crippen LogP contribution < -0.4 is 0 Å². The number of aryl methyl sites for hydroxylation is 2. The number of para-hydroxylation sites is 2. The van der Waals surface area contributed by atoms with Crippen LogP contribution in [0.3, 0.4) is 0 Å². The van der Waals surface area contributed by atoms with E-state index in [1.807, 2.05) is 0 Å². The lowest BCUT2D eigenvalue weighted by Gasteiger charge is -2.11. The van der Waals surface area contributed by atoms with Gasteiger partial charge in [0.05, 0.1) is 11.0 Å². The van der Waals surface area contributed by atoms with Crippen LogP contribution in [-0.4, -0.2) is 9.55 Å². The summed E-state index contributed by atoms with van der Waals surface area (Å²) in [5, 5.41) is 0. The molecule has 0 amide bonds. The van der Waals surface area contributed by atoms with Crippen molar-refractivity contribution in [3.8, 4) is 0 Å². The van der Waals surface area contributed by atoms with Gasteiger partial charge in [0.2, 0.25) is 0 Å². The summed E-state index contributed by atoms with van der Waals surface area (Å²) in [7, 11) is 2.13. The van der Waals surface area contributed by atoms with Crippen LogP contribution in [-0.2, 0) is 13.5 Å². The molecule has 1 unspecified atom stereocenters. The molecule has 4 rings (SSSR count). The average Bonchev–Trinajstić information content (AvgIpc) is 3.01. The predicted molar refractivity (Wildman–Crippen MR) is 77.3 cm³/mol. The normalized spacial score (nSPS) is 17.8. The molecule has 2 heteroatoms. The van der Waals surface area contributed by atoms with Crippen molar-refractivity contribution in [1.29, 1.82) is 0 Å². The van der Waals surface area contributed by atoms with E-state index in [1.165, 1.54) is 35.3 Å². The molecule has 94 valence electrons. The van der Waals surface area contributed by atoms with Crippen LogP contribution in [0.2, 0.25) is 0 Å². The predicted octanol–water partition coefficient (Wildman–Crippen LogP) is 3.65. The van der Waals surface area contributed by atoms with E-state index in [1.54, 1.807) is 0 Å². The number of aromatic nitrogens is 2. The first-order valence-corrected chi connectivity index (χ1v) is 6.84. The van der Waals surface area contributed by atoms with Gasteiger partial charge in [0.15, 0.2) is 0 Å². The summed E-state index contributed by atoms with van der Waals surface area (Å²) in [4.78, 5) is 4.86. The van der Waals surface area contributed by atoms with Gasteiger partial charge in [-0.1, -0.05) is 36.4 Å². The first-order chi connectivity index (χ1) is 9.34. The highest BCUT2D eigenvalue weighted by atomic mass is 15.1. The van der Waals surface area contributed by atoms with Gasteiger partial charge in [0.1, 0.15) is 5.82 Å². The first-order valence-electron chi connectivity index (χ1n) is 6.84. The van der Waals surface area contributed by atoms with Gasteiger partial charge in [-0.05, 0) is 36.1 Å². The van der Waals surface area contributed by atoms with Crippen LogP contribution in [0.15, 0.2) is 48.5 Å². The monoisotopic (exact) mass is 248 g/mol. The minimum atomic E-state index is 0.452. The smallest absolute Gasteiger partial charge is 0.117 e. The summed E-state index contributed by atoms with van der Waals surface area (Å²) < 4.78 is 2.25. The number of benzene rings is 2.